The van der Waals surface area contributed by atoms with Gasteiger partial charge in [0.1, 0.15) is 6.26 Å². The van der Waals surface area contributed by atoms with Gasteiger partial charge in [-0.2, -0.15) is 0 Å². The fraction of sp³-hybridized carbons (Fsp3) is 0.400. The van der Waals surface area contributed by atoms with Crippen LogP contribution in [0.3, 0.4) is 0 Å². The Kier molecular flexibility index (Phi) is 4.11. The van der Waals surface area contributed by atoms with Crippen molar-refractivity contribution in [2.45, 2.75) is 39.8 Å². The summed E-state index contributed by atoms with van der Waals surface area (Å²) in [6, 6.07) is 6.10. The summed E-state index contributed by atoms with van der Waals surface area (Å²) >= 11 is 3.53. The zero-order valence-corrected chi connectivity index (χ0v) is 13.3. The monoisotopic (exact) mass is 322 g/mol. The molecule has 0 aliphatic heterocycles. The van der Waals surface area contributed by atoms with Gasteiger partial charge in [-0.3, -0.25) is 0 Å². The fourth-order valence-corrected chi connectivity index (χ4v) is 1.98. The Morgan fingerprint density at radius 1 is 1.32 bits per heavy atom. The first-order chi connectivity index (χ1) is 8.85. The molecule has 19 heavy (non-hydrogen) atoms. The molecule has 1 aromatic carbocycles. The third-order valence-electron chi connectivity index (χ3n) is 2.77. The fourth-order valence-electron chi connectivity index (χ4n) is 1.60. The van der Waals surface area contributed by atoms with Gasteiger partial charge < -0.3 is 9.73 Å². The first-order valence-corrected chi connectivity index (χ1v) is 7.10. The second kappa shape index (κ2) is 5.47. The van der Waals surface area contributed by atoms with Gasteiger partial charge >= 0.3 is 0 Å². The Morgan fingerprint density at radius 2 is 2.05 bits per heavy atom. The third-order valence-corrected chi connectivity index (χ3v) is 3.62. The van der Waals surface area contributed by atoms with E-state index in [0.29, 0.717) is 12.4 Å². The zero-order valence-electron chi connectivity index (χ0n) is 11.7. The first-order valence-electron chi connectivity index (χ1n) is 6.31. The van der Waals surface area contributed by atoms with Crippen molar-refractivity contribution in [1.82, 2.24) is 10.3 Å². The number of aromatic nitrogens is 1. The molecule has 0 saturated carbocycles. The molecular formula is C15H19BrN2O. The molecule has 4 heteroatoms. The van der Waals surface area contributed by atoms with Crippen LogP contribution in [0.5, 0.6) is 0 Å². The molecule has 0 spiro atoms. The average Bonchev–Trinajstić information content (AvgIpc) is 2.78. The Balaban J connectivity index is 2.14. The van der Waals surface area contributed by atoms with Gasteiger partial charge in [-0.15, -0.1) is 0 Å². The van der Waals surface area contributed by atoms with Gasteiger partial charge in [-0.1, -0.05) is 22.0 Å². The molecule has 0 atom stereocenters. The summed E-state index contributed by atoms with van der Waals surface area (Å²) in [5, 5.41) is 3.39. The minimum Gasteiger partial charge on any atom is -0.444 e. The van der Waals surface area contributed by atoms with Crippen LogP contribution in [-0.4, -0.2) is 10.5 Å². The molecule has 1 N–H and O–H groups in total. The molecule has 0 radical (unpaired) electrons. The average molecular weight is 323 g/mol. The van der Waals surface area contributed by atoms with Crippen molar-refractivity contribution < 1.29 is 4.42 Å². The van der Waals surface area contributed by atoms with Crippen LogP contribution in [0.2, 0.25) is 0 Å². The predicted molar refractivity (Wildman–Crippen MR) is 81.0 cm³/mol. The van der Waals surface area contributed by atoms with Crippen LogP contribution in [0.1, 0.15) is 32.0 Å². The largest absolute Gasteiger partial charge is 0.444 e. The number of benzene rings is 1. The molecule has 2 rings (SSSR count). The third kappa shape index (κ3) is 3.91. The number of hydrogen-bond donors (Lipinski definition) is 1. The molecule has 0 amide bonds. The summed E-state index contributed by atoms with van der Waals surface area (Å²) in [6.07, 6.45) is 1.71. The van der Waals surface area contributed by atoms with E-state index in [0.717, 1.165) is 15.7 Å². The Bertz CT molecular complexity index is 570. The van der Waals surface area contributed by atoms with Crippen molar-refractivity contribution in [2.24, 2.45) is 0 Å². The zero-order chi connectivity index (χ0) is 14.0. The van der Waals surface area contributed by atoms with E-state index in [2.05, 4.69) is 60.0 Å². The van der Waals surface area contributed by atoms with Gasteiger partial charge in [-0.25, -0.2) is 4.98 Å². The van der Waals surface area contributed by atoms with Crippen molar-refractivity contribution in [3.05, 3.63) is 40.2 Å². The van der Waals surface area contributed by atoms with Crippen LogP contribution in [0.4, 0.5) is 0 Å². The lowest BCUT2D eigenvalue weighted by molar-refractivity contribution is 0.421. The lowest BCUT2D eigenvalue weighted by atomic mass is 10.1. The molecule has 0 bridgehead atoms. The van der Waals surface area contributed by atoms with E-state index in [1.807, 2.05) is 12.1 Å². The van der Waals surface area contributed by atoms with E-state index in [-0.39, 0.29) is 5.54 Å². The maximum atomic E-state index is 5.54. The molecule has 1 aromatic heterocycles. The van der Waals surface area contributed by atoms with Crippen LogP contribution < -0.4 is 5.32 Å². The van der Waals surface area contributed by atoms with E-state index in [1.165, 1.54) is 5.56 Å². The number of rotatable bonds is 3. The molecule has 0 fully saturated rings. The second-order valence-corrected chi connectivity index (χ2v) is 6.57. The lowest BCUT2D eigenvalue weighted by Gasteiger charge is -2.19. The SMILES string of the molecule is Cc1ccc(-c2nc(CNC(C)(C)C)co2)cc1Br. The normalized spacial score (nSPS) is 11.8. The topological polar surface area (TPSA) is 38.1 Å². The van der Waals surface area contributed by atoms with E-state index in [4.69, 9.17) is 4.42 Å². The molecule has 0 saturated heterocycles. The van der Waals surface area contributed by atoms with Crippen molar-refractivity contribution >= 4 is 15.9 Å². The highest BCUT2D eigenvalue weighted by Crippen LogP contribution is 2.25. The van der Waals surface area contributed by atoms with Gasteiger partial charge in [-0.05, 0) is 45.4 Å². The van der Waals surface area contributed by atoms with E-state index in [1.54, 1.807) is 6.26 Å². The van der Waals surface area contributed by atoms with E-state index >= 15 is 0 Å². The molecule has 102 valence electrons. The lowest BCUT2D eigenvalue weighted by Crippen LogP contribution is -2.35. The Labute approximate surface area is 122 Å². The quantitative estimate of drug-likeness (QED) is 0.915. The van der Waals surface area contributed by atoms with Gasteiger partial charge in [0.2, 0.25) is 5.89 Å². The Hall–Kier alpha value is -1.13. The highest BCUT2D eigenvalue weighted by Gasteiger charge is 2.12. The van der Waals surface area contributed by atoms with Gasteiger partial charge in [0, 0.05) is 22.1 Å². The molecule has 2 aromatic rings. The summed E-state index contributed by atoms with van der Waals surface area (Å²) in [4.78, 5) is 4.50. The summed E-state index contributed by atoms with van der Waals surface area (Å²) < 4.78 is 6.61. The molecule has 0 unspecified atom stereocenters. The van der Waals surface area contributed by atoms with E-state index < -0.39 is 0 Å². The molecule has 1 heterocycles. The number of hydrogen-bond acceptors (Lipinski definition) is 3. The highest BCUT2D eigenvalue weighted by molar-refractivity contribution is 9.10. The molecular weight excluding hydrogens is 304 g/mol. The second-order valence-electron chi connectivity index (χ2n) is 5.71. The Morgan fingerprint density at radius 3 is 2.68 bits per heavy atom. The smallest absolute Gasteiger partial charge is 0.226 e. The number of nitrogens with one attached hydrogen (secondary N) is 1. The molecule has 0 aliphatic carbocycles. The minimum atomic E-state index is 0.0754. The van der Waals surface area contributed by atoms with Crippen LogP contribution in [-0.2, 0) is 6.54 Å². The van der Waals surface area contributed by atoms with Crippen LogP contribution in [0, 0.1) is 6.92 Å². The van der Waals surface area contributed by atoms with E-state index in [9.17, 15) is 0 Å². The maximum Gasteiger partial charge on any atom is 0.226 e. The maximum absolute atomic E-state index is 5.54. The number of oxazole rings is 1. The molecule has 0 aliphatic rings. The minimum absolute atomic E-state index is 0.0754. The van der Waals surface area contributed by atoms with Crippen molar-refractivity contribution in [2.75, 3.05) is 0 Å². The number of nitrogens with zero attached hydrogens (tertiary/aromatic N) is 1. The predicted octanol–water partition coefficient (Wildman–Crippen LogP) is 4.30. The summed E-state index contributed by atoms with van der Waals surface area (Å²) in [7, 11) is 0. The van der Waals surface area contributed by atoms with Crippen molar-refractivity contribution in [3.8, 4) is 11.5 Å². The highest BCUT2D eigenvalue weighted by atomic mass is 79.9. The van der Waals surface area contributed by atoms with Gasteiger partial charge in [0.15, 0.2) is 0 Å². The number of aryl methyl sites for hydroxylation is 1. The summed E-state index contributed by atoms with van der Waals surface area (Å²) in [6.45, 7) is 9.16. The van der Waals surface area contributed by atoms with Crippen LogP contribution in [0.25, 0.3) is 11.5 Å². The van der Waals surface area contributed by atoms with Crippen LogP contribution >= 0.6 is 15.9 Å². The molecule has 3 nitrogen and oxygen atoms in total. The van der Waals surface area contributed by atoms with Crippen LogP contribution in [0.15, 0.2) is 33.4 Å². The standard InChI is InChI=1S/C15H19BrN2O/c1-10-5-6-11(7-13(10)16)14-18-12(9-19-14)8-17-15(2,3)4/h5-7,9,17H,8H2,1-4H3. The van der Waals surface area contributed by atoms with Gasteiger partial charge in [0.05, 0.1) is 5.69 Å². The summed E-state index contributed by atoms with van der Waals surface area (Å²) in [5.74, 6) is 0.659. The van der Waals surface area contributed by atoms with Gasteiger partial charge in [0.25, 0.3) is 0 Å². The summed E-state index contributed by atoms with van der Waals surface area (Å²) in [5.41, 5.74) is 3.18. The first kappa shape index (κ1) is 14.3. The van der Waals surface area contributed by atoms with Crippen molar-refractivity contribution in [1.29, 1.82) is 0 Å². The number of halogens is 1. The van der Waals surface area contributed by atoms with Crippen molar-refractivity contribution in [3.63, 3.8) is 0 Å².